The lowest BCUT2D eigenvalue weighted by atomic mass is 9.89. The average Bonchev–Trinajstić information content (AvgIpc) is 2.35. The summed E-state index contributed by atoms with van der Waals surface area (Å²) in [6.45, 7) is 0.449. The first kappa shape index (κ1) is 13.6. The predicted octanol–water partition coefficient (Wildman–Crippen LogP) is 2.30. The minimum Gasteiger partial charge on any atom is -0.396 e. The van der Waals surface area contributed by atoms with Crippen molar-refractivity contribution in [3.63, 3.8) is 0 Å². The van der Waals surface area contributed by atoms with Crippen LogP contribution in [0, 0.1) is 0 Å². The summed E-state index contributed by atoms with van der Waals surface area (Å²) in [5.74, 6) is 0. The van der Waals surface area contributed by atoms with Crippen LogP contribution in [0.4, 0.5) is 0 Å². The van der Waals surface area contributed by atoms with Crippen LogP contribution < -0.4 is 0 Å². The fourth-order valence-electron chi connectivity index (χ4n) is 1.97. The molecule has 3 heteroatoms. The highest BCUT2D eigenvalue weighted by molar-refractivity contribution is 7.18. The average molecular weight is 240 g/mol. The van der Waals surface area contributed by atoms with Crippen molar-refractivity contribution < 1.29 is 10.2 Å². The highest BCUT2D eigenvalue weighted by atomic mass is 31.0. The molecule has 0 amide bonds. The molecule has 1 unspecified atom stereocenters. The van der Waals surface area contributed by atoms with E-state index in [1.54, 1.807) is 0 Å². The van der Waals surface area contributed by atoms with Gasteiger partial charge in [-0.05, 0) is 31.2 Å². The minimum atomic E-state index is -0.00722. The van der Waals surface area contributed by atoms with Gasteiger partial charge in [-0.15, -0.1) is 9.24 Å². The van der Waals surface area contributed by atoms with Crippen molar-refractivity contribution in [3.8, 4) is 0 Å². The third kappa shape index (κ3) is 3.86. The Labute approximate surface area is 99.9 Å². The Hall–Kier alpha value is -0.430. The lowest BCUT2D eigenvalue weighted by Crippen LogP contribution is -2.19. The number of benzene rings is 1. The van der Waals surface area contributed by atoms with Crippen LogP contribution in [0.2, 0.25) is 0 Å². The summed E-state index contributed by atoms with van der Waals surface area (Å²) in [7, 11) is 2.91. The van der Waals surface area contributed by atoms with Crippen molar-refractivity contribution in [1.29, 1.82) is 0 Å². The zero-order chi connectivity index (χ0) is 11.9. The molecule has 2 nitrogen and oxygen atoms in total. The molecule has 1 rings (SSSR count). The number of aliphatic hydroxyl groups is 2. The van der Waals surface area contributed by atoms with E-state index in [1.807, 2.05) is 18.2 Å². The molecule has 1 aromatic carbocycles. The second-order valence-electron chi connectivity index (χ2n) is 4.18. The van der Waals surface area contributed by atoms with Gasteiger partial charge in [-0.25, -0.2) is 0 Å². The second-order valence-corrected chi connectivity index (χ2v) is 5.28. The summed E-state index contributed by atoms with van der Waals surface area (Å²) >= 11 is 0. The van der Waals surface area contributed by atoms with E-state index in [9.17, 15) is 0 Å². The van der Waals surface area contributed by atoms with Crippen LogP contribution >= 0.6 is 9.24 Å². The molecule has 0 spiro atoms. The highest BCUT2D eigenvalue weighted by Crippen LogP contribution is 2.40. The molecule has 0 aliphatic rings. The lowest BCUT2D eigenvalue weighted by molar-refractivity contribution is 0.258. The second kappa shape index (κ2) is 7.01. The summed E-state index contributed by atoms with van der Waals surface area (Å²) in [5.41, 5.74) is 1.27. The quantitative estimate of drug-likeness (QED) is 0.718. The largest absolute Gasteiger partial charge is 0.396 e. The Morgan fingerprint density at radius 3 is 1.88 bits per heavy atom. The molecule has 0 aliphatic heterocycles. The van der Waals surface area contributed by atoms with Gasteiger partial charge in [0, 0.05) is 18.4 Å². The molecular weight excluding hydrogens is 219 g/mol. The van der Waals surface area contributed by atoms with E-state index in [-0.39, 0.29) is 18.4 Å². The standard InChI is InChI=1S/C13H21O2P/c14-10-4-8-13(16,9-5-11-15)12-6-2-1-3-7-12/h1-3,6-7,14-15H,4-5,8-11,16H2. The van der Waals surface area contributed by atoms with E-state index in [4.69, 9.17) is 10.2 Å². The van der Waals surface area contributed by atoms with Gasteiger partial charge in [0.05, 0.1) is 0 Å². The molecule has 0 radical (unpaired) electrons. The van der Waals surface area contributed by atoms with Gasteiger partial charge < -0.3 is 10.2 Å². The SMILES string of the molecule is OCCCC(P)(CCCO)c1ccccc1. The molecule has 2 N–H and O–H groups in total. The van der Waals surface area contributed by atoms with Gasteiger partial charge >= 0.3 is 0 Å². The van der Waals surface area contributed by atoms with E-state index in [2.05, 4.69) is 21.4 Å². The molecule has 0 saturated heterocycles. The van der Waals surface area contributed by atoms with Crippen LogP contribution in [0.15, 0.2) is 30.3 Å². The topological polar surface area (TPSA) is 40.5 Å². The van der Waals surface area contributed by atoms with E-state index in [0.29, 0.717) is 0 Å². The molecule has 0 bridgehead atoms. The van der Waals surface area contributed by atoms with E-state index >= 15 is 0 Å². The highest BCUT2D eigenvalue weighted by Gasteiger charge is 2.25. The molecule has 0 saturated carbocycles. The van der Waals surface area contributed by atoms with Crippen LogP contribution in [-0.2, 0) is 5.16 Å². The van der Waals surface area contributed by atoms with Gasteiger partial charge in [0.2, 0.25) is 0 Å². The Morgan fingerprint density at radius 1 is 0.938 bits per heavy atom. The van der Waals surface area contributed by atoms with E-state index in [1.165, 1.54) is 5.56 Å². The Kier molecular flexibility index (Phi) is 5.97. The lowest BCUT2D eigenvalue weighted by Gasteiger charge is -2.30. The number of aliphatic hydroxyl groups excluding tert-OH is 2. The third-order valence-corrected chi connectivity index (χ3v) is 3.82. The van der Waals surface area contributed by atoms with Crippen LogP contribution in [0.25, 0.3) is 0 Å². The zero-order valence-corrected chi connectivity index (χ0v) is 10.8. The first-order chi connectivity index (χ1) is 7.73. The van der Waals surface area contributed by atoms with Gasteiger partial charge in [0.1, 0.15) is 0 Å². The predicted molar refractivity (Wildman–Crippen MR) is 70.5 cm³/mol. The van der Waals surface area contributed by atoms with Gasteiger partial charge in [-0.3, -0.25) is 0 Å². The fourth-order valence-corrected chi connectivity index (χ4v) is 2.57. The monoisotopic (exact) mass is 240 g/mol. The molecule has 0 fully saturated rings. The number of hydrogen-bond acceptors (Lipinski definition) is 2. The summed E-state index contributed by atoms with van der Waals surface area (Å²) in [6, 6.07) is 10.3. The number of hydrogen-bond donors (Lipinski definition) is 2. The van der Waals surface area contributed by atoms with Crippen molar-refractivity contribution in [2.24, 2.45) is 0 Å². The van der Waals surface area contributed by atoms with Crippen LogP contribution in [0.1, 0.15) is 31.2 Å². The fraction of sp³-hybridized carbons (Fsp3) is 0.538. The molecule has 0 aliphatic carbocycles. The van der Waals surface area contributed by atoms with Gasteiger partial charge in [0.15, 0.2) is 0 Å². The number of rotatable bonds is 7. The maximum atomic E-state index is 8.94. The van der Waals surface area contributed by atoms with E-state index in [0.717, 1.165) is 25.7 Å². The Balaban J connectivity index is 2.77. The van der Waals surface area contributed by atoms with Gasteiger partial charge in [0.25, 0.3) is 0 Å². The van der Waals surface area contributed by atoms with Gasteiger partial charge in [-0.2, -0.15) is 0 Å². The van der Waals surface area contributed by atoms with Crippen molar-refractivity contribution in [1.82, 2.24) is 0 Å². The van der Waals surface area contributed by atoms with Crippen LogP contribution in [0.5, 0.6) is 0 Å². The zero-order valence-electron chi connectivity index (χ0n) is 9.60. The minimum absolute atomic E-state index is 0.00722. The molecule has 90 valence electrons. The van der Waals surface area contributed by atoms with Crippen LogP contribution in [0.3, 0.4) is 0 Å². The van der Waals surface area contributed by atoms with Crippen molar-refractivity contribution in [3.05, 3.63) is 35.9 Å². The smallest absolute Gasteiger partial charge is 0.0431 e. The summed E-state index contributed by atoms with van der Waals surface area (Å²) in [6.07, 6.45) is 3.45. The molecular formula is C13H21O2P. The molecule has 1 aromatic rings. The first-order valence-electron chi connectivity index (χ1n) is 5.79. The van der Waals surface area contributed by atoms with Crippen molar-refractivity contribution in [2.75, 3.05) is 13.2 Å². The van der Waals surface area contributed by atoms with Crippen molar-refractivity contribution >= 4 is 9.24 Å². The molecule has 16 heavy (non-hydrogen) atoms. The maximum absolute atomic E-state index is 8.94. The summed E-state index contributed by atoms with van der Waals surface area (Å²) in [5, 5.41) is 17.9. The first-order valence-corrected chi connectivity index (χ1v) is 6.37. The molecule has 0 aromatic heterocycles. The normalized spacial score (nSPS) is 11.7. The molecule has 1 atom stereocenters. The summed E-state index contributed by atoms with van der Waals surface area (Å²) in [4.78, 5) is 0. The maximum Gasteiger partial charge on any atom is 0.0431 e. The van der Waals surface area contributed by atoms with Crippen LogP contribution in [-0.4, -0.2) is 23.4 Å². The molecule has 0 heterocycles. The third-order valence-electron chi connectivity index (χ3n) is 2.91. The van der Waals surface area contributed by atoms with Gasteiger partial charge in [-0.1, -0.05) is 30.3 Å². The Bertz CT molecular complexity index is 279. The van der Waals surface area contributed by atoms with Crippen molar-refractivity contribution in [2.45, 2.75) is 30.8 Å². The summed E-state index contributed by atoms with van der Waals surface area (Å²) < 4.78 is 0. The Morgan fingerprint density at radius 2 is 1.44 bits per heavy atom. The van der Waals surface area contributed by atoms with E-state index < -0.39 is 0 Å².